The lowest BCUT2D eigenvalue weighted by Crippen LogP contribution is -2.30. The minimum atomic E-state index is -0.604. The first-order valence-corrected chi connectivity index (χ1v) is 8.06. The van der Waals surface area contributed by atoms with E-state index in [-0.39, 0.29) is 35.2 Å². The Morgan fingerprint density at radius 1 is 1.32 bits per heavy atom. The van der Waals surface area contributed by atoms with E-state index in [0.717, 1.165) is 0 Å². The molecular formula is C18H20FN3O3. The molecule has 132 valence electrons. The molecule has 1 amide bonds. The molecule has 0 unspecified atom stereocenters. The first-order valence-electron chi connectivity index (χ1n) is 8.06. The zero-order valence-corrected chi connectivity index (χ0v) is 13.8. The lowest BCUT2D eigenvalue weighted by molar-refractivity contribution is -0.120. The van der Waals surface area contributed by atoms with Gasteiger partial charge in [-0.1, -0.05) is 6.07 Å². The van der Waals surface area contributed by atoms with Gasteiger partial charge in [0, 0.05) is 37.4 Å². The number of hydrogen-bond donors (Lipinski definition) is 2. The number of carbonyl (C=O) groups is 1. The van der Waals surface area contributed by atoms with Gasteiger partial charge in [0.05, 0.1) is 17.5 Å². The van der Waals surface area contributed by atoms with Crippen molar-refractivity contribution in [3.63, 3.8) is 0 Å². The molecule has 1 fully saturated rings. The van der Waals surface area contributed by atoms with Crippen LogP contribution in [0.2, 0.25) is 0 Å². The minimum absolute atomic E-state index is 0.0761. The lowest BCUT2D eigenvalue weighted by atomic mass is 10.1. The molecule has 0 saturated heterocycles. The maximum atomic E-state index is 14.4. The molecular weight excluding hydrogens is 325 g/mol. The number of benzene rings is 1. The van der Waals surface area contributed by atoms with Gasteiger partial charge in [-0.05, 0) is 31.0 Å². The van der Waals surface area contributed by atoms with Crippen molar-refractivity contribution in [2.75, 3.05) is 12.4 Å². The average molecular weight is 345 g/mol. The van der Waals surface area contributed by atoms with Gasteiger partial charge in [-0.3, -0.25) is 14.2 Å². The number of ether oxygens (including phenoxy) is 1. The number of nitrogens with two attached hydrogens (primary N) is 1. The number of methoxy groups -OCH3 is 1. The Balaban J connectivity index is 1.75. The van der Waals surface area contributed by atoms with Crippen LogP contribution in [-0.4, -0.2) is 29.7 Å². The zero-order chi connectivity index (χ0) is 18.0. The number of nitrogens with one attached hydrogen (secondary N) is 1. The fourth-order valence-corrected chi connectivity index (χ4v) is 3.15. The Kier molecular flexibility index (Phi) is 4.96. The van der Waals surface area contributed by atoms with Crippen LogP contribution in [0.4, 0.5) is 10.1 Å². The number of hydrogen-bond acceptors (Lipinski definition) is 4. The summed E-state index contributed by atoms with van der Waals surface area (Å²) in [6.07, 6.45) is 2.42. The number of aromatic nitrogens is 1. The third-order valence-electron chi connectivity index (χ3n) is 4.54. The Hall–Kier alpha value is -2.51. The highest BCUT2D eigenvalue weighted by atomic mass is 19.1. The molecule has 1 aromatic heterocycles. The standard InChI is InChI=1S/C18H20FN3O3/c1-25-16-9-11(8-14(16)20)18(24)21-15-6-5-12(10-13(15)19)22-7-3-2-4-17(22)23/h2-7,10-11,14,16H,8-9,20H2,1H3,(H,21,24)/t11-,14-,16-/m0/s1. The minimum Gasteiger partial charge on any atom is -0.380 e. The first-order chi connectivity index (χ1) is 12.0. The summed E-state index contributed by atoms with van der Waals surface area (Å²) in [5, 5.41) is 2.60. The highest BCUT2D eigenvalue weighted by molar-refractivity contribution is 5.93. The van der Waals surface area contributed by atoms with Crippen molar-refractivity contribution < 1.29 is 13.9 Å². The predicted molar refractivity (Wildman–Crippen MR) is 92.1 cm³/mol. The van der Waals surface area contributed by atoms with Crippen molar-refractivity contribution in [2.24, 2.45) is 11.7 Å². The van der Waals surface area contributed by atoms with Gasteiger partial charge in [0.2, 0.25) is 5.91 Å². The molecule has 1 heterocycles. The number of amides is 1. The van der Waals surface area contributed by atoms with Gasteiger partial charge in [0.25, 0.3) is 5.56 Å². The molecule has 7 heteroatoms. The third kappa shape index (κ3) is 3.62. The lowest BCUT2D eigenvalue weighted by Gasteiger charge is -2.13. The van der Waals surface area contributed by atoms with Crippen LogP contribution in [0.25, 0.3) is 5.69 Å². The smallest absolute Gasteiger partial charge is 0.255 e. The molecule has 0 bridgehead atoms. The van der Waals surface area contributed by atoms with E-state index in [1.165, 1.54) is 22.8 Å². The van der Waals surface area contributed by atoms with E-state index in [4.69, 9.17) is 10.5 Å². The second kappa shape index (κ2) is 7.16. The van der Waals surface area contributed by atoms with Gasteiger partial charge in [-0.15, -0.1) is 0 Å². The topological polar surface area (TPSA) is 86.3 Å². The maximum absolute atomic E-state index is 14.4. The van der Waals surface area contributed by atoms with Crippen LogP contribution in [0, 0.1) is 11.7 Å². The largest absolute Gasteiger partial charge is 0.380 e. The number of rotatable bonds is 4. The molecule has 1 aliphatic rings. The van der Waals surface area contributed by atoms with Crippen LogP contribution in [0.15, 0.2) is 47.4 Å². The van der Waals surface area contributed by atoms with E-state index >= 15 is 0 Å². The Bertz CT molecular complexity index is 836. The van der Waals surface area contributed by atoms with Crippen LogP contribution < -0.4 is 16.6 Å². The molecule has 6 nitrogen and oxygen atoms in total. The second-order valence-corrected chi connectivity index (χ2v) is 6.17. The van der Waals surface area contributed by atoms with Gasteiger partial charge in [-0.25, -0.2) is 4.39 Å². The van der Waals surface area contributed by atoms with E-state index in [0.29, 0.717) is 18.5 Å². The Morgan fingerprint density at radius 2 is 2.12 bits per heavy atom. The molecule has 0 radical (unpaired) electrons. The maximum Gasteiger partial charge on any atom is 0.255 e. The summed E-state index contributed by atoms with van der Waals surface area (Å²) in [6.45, 7) is 0. The summed E-state index contributed by atoms with van der Waals surface area (Å²) >= 11 is 0. The molecule has 0 aliphatic heterocycles. The molecule has 1 saturated carbocycles. The van der Waals surface area contributed by atoms with Crippen LogP contribution >= 0.6 is 0 Å². The van der Waals surface area contributed by atoms with Crippen LogP contribution in [0.3, 0.4) is 0 Å². The zero-order valence-electron chi connectivity index (χ0n) is 13.8. The number of anilines is 1. The quantitative estimate of drug-likeness (QED) is 0.882. The fourth-order valence-electron chi connectivity index (χ4n) is 3.15. The van der Waals surface area contributed by atoms with E-state index in [9.17, 15) is 14.0 Å². The Labute approximate surface area is 144 Å². The van der Waals surface area contributed by atoms with Crippen molar-refractivity contribution in [1.29, 1.82) is 0 Å². The summed E-state index contributed by atoms with van der Waals surface area (Å²) in [5.74, 6) is -1.19. The summed E-state index contributed by atoms with van der Waals surface area (Å²) in [6, 6.07) is 8.74. The summed E-state index contributed by atoms with van der Waals surface area (Å²) in [5.41, 5.74) is 6.14. The average Bonchev–Trinajstić information content (AvgIpc) is 2.98. The van der Waals surface area contributed by atoms with Crippen LogP contribution in [0.1, 0.15) is 12.8 Å². The number of halogens is 1. The van der Waals surface area contributed by atoms with E-state index < -0.39 is 5.82 Å². The highest BCUT2D eigenvalue weighted by Gasteiger charge is 2.36. The SMILES string of the molecule is CO[C@H]1C[C@@H](C(=O)Nc2ccc(-n3ccccc3=O)cc2F)C[C@@H]1N. The number of carbonyl (C=O) groups excluding carboxylic acids is 1. The molecule has 3 atom stereocenters. The summed E-state index contributed by atoms with van der Waals surface area (Å²) < 4.78 is 20.9. The molecule has 0 spiro atoms. The van der Waals surface area contributed by atoms with Crippen molar-refractivity contribution in [3.8, 4) is 5.69 Å². The van der Waals surface area contributed by atoms with Gasteiger partial charge in [0.15, 0.2) is 0 Å². The van der Waals surface area contributed by atoms with Crippen molar-refractivity contribution in [3.05, 3.63) is 58.8 Å². The summed E-state index contributed by atoms with van der Waals surface area (Å²) in [7, 11) is 1.56. The van der Waals surface area contributed by atoms with Gasteiger partial charge in [-0.2, -0.15) is 0 Å². The third-order valence-corrected chi connectivity index (χ3v) is 4.54. The molecule has 3 rings (SSSR count). The van der Waals surface area contributed by atoms with E-state index in [2.05, 4.69) is 5.32 Å². The first kappa shape index (κ1) is 17.3. The van der Waals surface area contributed by atoms with Gasteiger partial charge >= 0.3 is 0 Å². The Morgan fingerprint density at radius 3 is 2.76 bits per heavy atom. The van der Waals surface area contributed by atoms with E-state index in [1.807, 2.05) is 0 Å². The monoisotopic (exact) mass is 345 g/mol. The normalized spacial score (nSPS) is 22.8. The van der Waals surface area contributed by atoms with Crippen LogP contribution in [0.5, 0.6) is 0 Å². The number of pyridine rings is 1. The summed E-state index contributed by atoms with van der Waals surface area (Å²) in [4.78, 5) is 24.1. The van der Waals surface area contributed by atoms with Crippen molar-refractivity contribution in [1.82, 2.24) is 4.57 Å². The van der Waals surface area contributed by atoms with Crippen LogP contribution in [-0.2, 0) is 9.53 Å². The molecule has 3 N–H and O–H groups in total. The van der Waals surface area contributed by atoms with Crippen molar-refractivity contribution >= 4 is 11.6 Å². The fraction of sp³-hybridized carbons (Fsp3) is 0.333. The molecule has 25 heavy (non-hydrogen) atoms. The predicted octanol–water partition coefficient (Wildman–Crippen LogP) is 1.67. The van der Waals surface area contributed by atoms with Gasteiger partial charge in [0.1, 0.15) is 5.82 Å². The second-order valence-electron chi connectivity index (χ2n) is 6.17. The van der Waals surface area contributed by atoms with E-state index in [1.54, 1.807) is 31.5 Å². The van der Waals surface area contributed by atoms with Gasteiger partial charge < -0.3 is 15.8 Å². The molecule has 1 aliphatic carbocycles. The highest BCUT2D eigenvalue weighted by Crippen LogP contribution is 2.28. The van der Waals surface area contributed by atoms with Crippen molar-refractivity contribution in [2.45, 2.75) is 25.0 Å². The molecule has 2 aromatic rings. The molecule has 1 aromatic carbocycles. The number of nitrogens with zero attached hydrogens (tertiary/aromatic N) is 1.